The van der Waals surface area contributed by atoms with Gasteiger partial charge in [-0.2, -0.15) is 0 Å². The molecule has 0 aliphatic carbocycles. The van der Waals surface area contributed by atoms with E-state index in [-0.39, 0.29) is 6.61 Å². The monoisotopic (exact) mass is 251 g/mol. The lowest BCUT2D eigenvalue weighted by molar-refractivity contribution is 0.264. The van der Waals surface area contributed by atoms with Crippen molar-refractivity contribution in [1.82, 2.24) is 5.32 Å². The molecule has 18 heavy (non-hydrogen) atoms. The summed E-state index contributed by atoms with van der Waals surface area (Å²) in [6.07, 6.45) is 2.88. The third kappa shape index (κ3) is 5.07. The first-order chi connectivity index (χ1) is 8.79. The second-order valence-electron chi connectivity index (χ2n) is 4.48. The molecule has 0 amide bonds. The maximum atomic E-state index is 8.72. The predicted molar refractivity (Wildman–Crippen MR) is 75.0 cm³/mol. The van der Waals surface area contributed by atoms with Gasteiger partial charge in [0.25, 0.3) is 0 Å². The zero-order valence-corrected chi connectivity index (χ0v) is 11.5. The Morgan fingerprint density at radius 2 is 2.06 bits per heavy atom. The second kappa shape index (κ2) is 8.95. The van der Waals surface area contributed by atoms with E-state index in [2.05, 4.69) is 37.4 Å². The van der Waals surface area contributed by atoms with Gasteiger partial charge in [0.15, 0.2) is 0 Å². The molecule has 0 fully saturated rings. The van der Waals surface area contributed by atoms with Gasteiger partial charge in [-0.15, -0.1) is 0 Å². The molecule has 0 bridgehead atoms. The number of para-hydroxylation sites is 1. The summed E-state index contributed by atoms with van der Waals surface area (Å²) >= 11 is 0. The van der Waals surface area contributed by atoms with Crippen LogP contribution < -0.4 is 10.1 Å². The Morgan fingerprint density at radius 3 is 2.78 bits per heavy atom. The minimum atomic E-state index is 0.274. The van der Waals surface area contributed by atoms with Crippen LogP contribution in [0.4, 0.5) is 0 Å². The van der Waals surface area contributed by atoms with E-state index >= 15 is 0 Å². The van der Waals surface area contributed by atoms with Gasteiger partial charge in [0.1, 0.15) is 5.75 Å². The summed E-state index contributed by atoms with van der Waals surface area (Å²) in [6.45, 7) is 7.00. The Morgan fingerprint density at radius 1 is 1.22 bits per heavy atom. The van der Waals surface area contributed by atoms with Crippen LogP contribution in [-0.2, 0) is 6.54 Å². The van der Waals surface area contributed by atoms with Crippen molar-refractivity contribution in [2.45, 2.75) is 39.7 Å². The SMILES string of the molecule is CCNCc1cccc(C)c1OCCCCCO. The number of aliphatic hydroxyl groups is 1. The van der Waals surface area contributed by atoms with Crippen LogP contribution in [-0.4, -0.2) is 24.9 Å². The molecule has 0 heterocycles. The fraction of sp³-hybridized carbons (Fsp3) is 0.600. The average Bonchev–Trinajstić information content (AvgIpc) is 2.38. The van der Waals surface area contributed by atoms with Crippen molar-refractivity contribution in [3.05, 3.63) is 29.3 Å². The van der Waals surface area contributed by atoms with Crippen molar-refractivity contribution >= 4 is 0 Å². The molecule has 0 aromatic heterocycles. The van der Waals surface area contributed by atoms with Crippen molar-refractivity contribution in [2.75, 3.05) is 19.8 Å². The molecule has 0 unspecified atom stereocenters. The number of nitrogens with one attached hydrogen (secondary N) is 1. The summed E-state index contributed by atoms with van der Waals surface area (Å²) in [7, 11) is 0. The Balaban J connectivity index is 2.50. The summed E-state index contributed by atoms with van der Waals surface area (Å²) in [5.41, 5.74) is 2.41. The molecule has 0 saturated heterocycles. The van der Waals surface area contributed by atoms with Gasteiger partial charge in [-0.05, 0) is 38.3 Å². The van der Waals surface area contributed by atoms with Crippen molar-refractivity contribution < 1.29 is 9.84 Å². The molecule has 0 saturated carbocycles. The minimum absolute atomic E-state index is 0.274. The number of aryl methyl sites for hydroxylation is 1. The number of unbranched alkanes of at least 4 members (excludes halogenated alkanes) is 2. The lowest BCUT2D eigenvalue weighted by Crippen LogP contribution is -2.13. The van der Waals surface area contributed by atoms with Crippen molar-refractivity contribution in [3.63, 3.8) is 0 Å². The number of hydrogen-bond donors (Lipinski definition) is 2. The molecule has 102 valence electrons. The Hall–Kier alpha value is -1.06. The van der Waals surface area contributed by atoms with Crippen LogP contribution in [0.15, 0.2) is 18.2 Å². The van der Waals surface area contributed by atoms with Gasteiger partial charge < -0.3 is 15.2 Å². The van der Waals surface area contributed by atoms with Crippen LogP contribution in [0.2, 0.25) is 0 Å². The second-order valence-corrected chi connectivity index (χ2v) is 4.48. The van der Waals surface area contributed by atoms with Crippen molar-refractivity contribution in [3.8, 4) is 5.75 Å². The fourth-order valence-electron chi connectivity index (χ4n) is 1.88. The highest BCUT2D eigenvalue weighted by Crippen LogP contribution is 2.23. The highest BCUT2D eigenvalue weighted by atomic mass is 16.5. The molecular formula is C15H25NO2. The van der Waals surface area contributed by atoms with E-state index in [0.717, 1.165) is 44.7 Å². The molecule has 0 radical (unpaired) electrons. The largest absolute Gasteiger partial charge is 0.493 e. The quantitative estimate of drug-likeness (QED) is 0.663. The van der Waals surface area contributed by atoms with Gasteiger partial charge >= 0.3 is 0 Å². The van der Waals surface area contributed by atoms with Crippen LogP contribution >= 0.6 is 0 Å². The van der Waals surface area contributed by atoms with E-state index in [9.17, 15) is 0 Å². The summed E-state index contributed by atoms with van der Waals surface area (Å²) in [6, 6.07) is 6.26. The molecule has 3 nitrogen and oxygen atoms in total. The smallest absolute Gasteiger partial charge is 0.126 e. The molecular weight excluding hydrogens is 226 g/mol. The Labute approximate surface area is 110 Å². The van der Waals surface area contributed by atoms with E-state index in [1.807, 2.05) is 0 Å². The first-order valence-electron chi connectivity index (χ1n) is 6.82. The summed E-state index contributed by atoms with van der Waals surface area (Å²) in [4.78, 5) is 0. The molecule has 2 N–H and O–H groups in total. The number of hydrogen-bond acceptors (Lipinski definition) is 3. The first-order valence-corrected chi connectivity index (χ1v) is 6.82. The van der Waals surface area contributed by atoms with Gasteiger partial charge in [0.05, 0.1) is 6.61 Å². The molecule has 0 aliphatic rings. The average molecular weight is 251 g/mol. The molecule has 3 heteroatoms. The van der Waals surface area contributed by atoms with E-state index in [1.54, 1.807) is 0 Å². The number of rotatable bonds is 9. The third-order valence-corrected chi connectivity index (χ3v) is 2.91. The molecule has 0 aliphatic heterocycles. The normalized spacial score (nSPS) is 10.6. The molecule has 1 rings (SSSR count). The van der Waals surface area contributed by atoms with E-state index in [4.69, 9.17) is 9.84 Å². The summed E-state index contributed by atoms with van der Waals surface area (Å²) < 4.78 is 5.89. The fourth-order valence-corrected chi connectivity index (χ4v) is 1.88. The van der Waals surface area contributed by atoms with Gasteiger partial charge in [0.2, 0.25) is 0 Å². The molecule has 0 spiro atoms. The minimum Gasteiger partial charge on any atom is -0.493 e. The van der Waals surface area contributed by atoms with Crippen LogP contribution in [0.3, 0.4) is 0 Å². The van der Waals surface area contributed by atoms with E-state index in [0.29, 0.717) is 0 Å². The summed E-state index contributed by atoms with van der Waals surface area (Å²) in [5, 5.41) is 12.0. The maximum absolute atomic E-state index is 8.72. The Kier molecular flexibility index (Phi) is 7.46. The molecule has 1 aromatic rings. The van der Waals surface area contributed by atoms with Gasteiger partial charge in [0, 0.05) is 18.7 Å². The maximum Gasteiger partial charge on any atom is 0.126 e. The highest BCUT2D eigenvalue weighted by molar-refractivity contribution is 5.40. The van der Waals surface area contributed by atoms with E-state index in [1.165, 1.54) is 11.1 Å². The first kappa shape index (κ1) is 15.0. The van der Waals surface area contributed by atoms with Crippen molar-refractivity contribution in [2.24, 2.45) is 0 Å². The zero-order valence-electron chi connectivity index (χ0n) is 11.5. The highest BCUT2D eigenvalue weighted by Gasteiger charge is 2.06. The van der Waals surface area contributed by atoms with Crippen LogP contribution in [0.25, 0.3) is 0 Å². The standard InChI is InChI=1S/C15H25NO2/c1-3-16-12-14-9-7-8-13(2)15(14)18-11-6-4-5-10-17/h7-9,16-17H,3-6,10-12H2,1-2H3. The number of ether oxygens (including phenoxy) is 1. The van der Waals surface area contributed by atoms with Gasteiger partial charge in [-0.25, -0.2) is 0 Å². The van der Waals surface area contributed by atoms with Crippen LogP contribution in [0.1, 0.15) is 37.3 Å². The van der Waals surface area contributed by atoms with Crippen LogP contribution in [0, 0.1) is 6.92 Å². The lowest BCUT2D eigenvalue weighted by Gasteiger charge is -2.14. The van der Waals surface area contributed by atoms with Crippen molar-refractivity contribution in [1.29, 1.82) is 0 Å². The van der Waals surface area contributed by atoms with Gasteiger partial charge in [-0.1, -0.05) is 25.1 Å². The predicted octanol–water partition coefficient (Wildman–Crippen LogP) is 2.65. The Bertz CT molecular complexity index is 339. The molecule has 1 aromatic carbocycles. The number of benzene rings is 1. The third-order valence-electron chi connectivity index (χ3n) is 2.91. The van der Waals surface area contributed by atoms with Crippen LogP contribution in [0.5, 0.6) is 5.75 Å². The summed E-state index contributed by atoms with van der Waals surface area (Å²) in [5.74, 6) is 1.02. The van der Waals surface area contributed by atoms with Gasteiger partial charge in [-0.3, -0.25) is 0 Å². The van der Waals surface area contributed by atoms with E-state index < -0.39 is 0 Å². The molecule has 0 atom stereocenters. The topological polar surface area (TPSA) is 41.5 Å². The lowest BCUT2D eigenvalue weighted by atomic mass is 10.1. The number of aliphatic hydroxyl groups excluding tert-OH is 1. The zero-order chi connectivity index (χ0) is 13.2.